The van der Waals surface area contributed by atoms with E-state index in [1.807, 2.05) is 11.8 Å². The molecule has 0 bridgehead atoms. The molecule has 0 N–H and O–H groups in total. The number of nitrogens with zero attached hydrogens (tertiary/aromatic N) is 4. The van der Waals surface area contributed by atoms with Crippen LogP contribution in [-0.2, 0) is 38.1 Å². The maximum Gasteiger partial charge on any atom is 0.267 e. The van der Waals surface area contributed by atoms with Crippen LogP contribution in [0.3, 0.4) is 0 Å². The lowest BCUT2D eigenvalue weighted by molar-refractivity contribution is 0.0675. The van der Waals surface area contributed by atoms with Crippen LogP contribution in [0.4, 0.5) is 0 Å². The summed E-state index contributed by atoms with van der Waals surface area (Å²) in [5.41, 5.74) is 3.46. The first kappa shape index (κ1) is 16.6. The molecule has 2 aromatic heterocycles. The van der Waals surface area contributed by atoms with Crippen LogP contribution in [0.2, 0.25) is 0 Å². The summed E-state index contributed by atoms with van der Waals surface area (Å²) in [6.07, 6.45) is 5.52. The molecule has 1 aliphatic carbocycles. The molecule has 138 valence electrons. The average molecular weight is 372 g/mol. The smallest absolute Gasteiger partial charge is 0.267 e. The number of hydrogen-bond acceptors (Lipinski definition) is 6. The van der Waals surface area contributed by atoms with Gasteiger partial charge in [0.2, 0.25) is 5.89 Å². The summed E-state index contributed by atoms with van der Waals surface area (Å²) < 4.78 is 7.61. The lowest BCUT2D eigenvalue weighted by atomic mass is 10.0. The second-order valence-corrected chi connectivity index (χ2v) is 8.79. The predicted molar refractivity (Wildman–Crippen MR) is 100 cm³/mol. The normalized spacial score (nSPS) is 20.5. The summed E-state index contributed by atoms with van der Waals surface area (Å²) in [7, 11) is 0. The molecule has 5 rings (SSSR count). The summed E-state index contributed by atoms with van der Waals surface area (Å²) >= 11 is 1.88. The van der Waals surface area contributed by atoms with Crippen LogP contribution in [0.25, 0.3) is 0 Å². The largest absolute Gasteiger partial charge is 0.444 e. The molecule has 1 saturated heterocycles. The highest BCUT2D eigenvalue weighted by Gasteiger charge is 2.29. The van der Waals surface area contributed by atoms with Gasteiger partial charge in [-0.05, 0) is 30.6 Å². The maximum absolute atomic E-state index is 12.3. The fraction of sp³-hybridized carbons (Fsp3) is 0.632. The fourth-order valence-electron chi connectivity index (χ4n) is 4.21. The summed E-state index contributed by atoms with van der Waals surface area (Å²) in [5, 5.41) is 4.63. The lowest BCUT2D eigenvalue weighted by Gasteiger charge is -2.38. The molecule has 4 heterocycles. The van der Waals surface area contributed by atoms with Crippen molar-refractivity contribution in [3.05, 3.63) is 45.0 Å². The van der Waals surface area contributed by atoms with Crippen LogP contribution >= 0.6 is 11.8 Å². The molecule has 3 aliphatic rings. The number of aromatic nitrogens is 3. The van der Waals surface area contributed by atoms with Gasteiger partial charge >= 0.3 is 0 Å². The van der Waals surface area contributed by atoms with Crippen LogP contribution in [-0.4, -0.2) is 38.5 Å². The van der Waals surface area contributed by atoms with E-state index in [4.69, 9.17) is 4.42 Å². The molecule has 26 heavy (non-hydrogen) atoms. The highest BCUT2D eigenvalue weighted by Crippen LogP contribution is 2.25. The van der Waals surface area contributed by atoms with E-state index in [1.165, 1.54) is 18.5 Å². The lowest BCUT2D eigenvalue weighted by Crippen LogP contribution is -2.49. The monoisotopic (exact) mass is 372 g/mol. The van der Waals surface area contributed by atoms with Gasteiger partial charge in [0, 0.05) is 43.7 Å². The first-order valence-corrected chi connectivity index (χ1v) is 10.8. The summed E-state index contributed by atoms with van der Waals surface area (Å²) in [4.78, 5) is 19.3. The second kappa shape index (κ2) is 6.85. The molecule has 7 heteroatoms. The molecule has 1 fully saturated rings. The van der Waals surface area contributed by atoms with Crippen molar-refractivity contribution in [2.45, 2.75) is 50.9 Å². The third-order valence-corrected chi connectivity index (χ3v) is 6.63. The SMILES string of the molecule is O=c1cc2c(nn1CC1CN(Cc3nc4c(o3)CCCC4)C1)CCSC2. The minimum Gasteiger partial charge on any atom is -0.444 e. The Morgan fingerprint density at radius 1 is 1.19 bits per heavy atom. The number of rotatable bonds is 4. The highest BCUT2D eigenvalue weighted by atomic mass is 32.2. The molecule has 0 atom stereocenters. The van der Waals surface area contributed by atoms with Crippen molar-refractivity contribution in [3.63, 3.8) is 0 Å². The Morgan fingerprint density at radius 2 is 2.08 bits per heavy atom. The molecule has 2 aromatic rings. The van der Waals surface area contributed by atoms with Crippen molar-refractivity contribution in [1.29, 1.82) is 0 Å². The number of hydrogen-bond donors (Lipinski definition) is 0. The molecule has 0 radical (unpaired) electrons. The van der Waals surface area contributed by atoms with Crippen molar-refractivity contribution in [2.75, 3.05) is 18.8 Å². The molecular formula is C19H24N4O2S. The fourth-order valence-corrected chi connectivity index (χ4v) is 5.17. The number of thioether (sulfide) groups is 1. The van der Waals surface area contributed by atoms with Gasteiger partial charge in [-0.1, -0.05) is 0 Å². The number of oxazole rings is 1. The van der Waals surface area contributed by atoms with Crippen molar-refractivity contribution in [1.82, 2.24) is 19.7 Å². The first-order valence-electron chi connectivity index (χ1n) is 9.62. The summed E-state index contributed by atoms with van der Waals surface area (Å²) in [6.45, 7) is 3.47. The third kappa shape index (κ3) is 3.22. The number of likely N-dealkylation sites (tertiary alicyclic amines) is 1. The van der Waals surface area contributed by atoms with Gasteiger partial charge in [0.1, 0.15) is 5.76 Å². The van der Waals surface area contributed by atoms with Gasteiger partial charge in [-0.15, -0.1) is 0 Å². The zero-order chi connectivity index (χ0) is 17.5. The van der Waals surface area contributed by atoms with Crippen molar-refractivity contribution in [3.8, 4) is 0 Å². The summed E-state index contributed by atoms with van der Waals surface area (Å²) in [5.74, 6) is 4.48. The topological polar surface area (TPSA) is 64.2 Å². The van der Waals surface area contributed by atoms with E-state index >= 15 is 0 Å². The van der Waals surface area contributed by atoms with Crippen molar-refractivity contribution in [2.24, 2.45) is 5.92 Å². The van der Waals surface area contributed by atoms with Gasteiger partial charge in [-0.2, -0.15) is 16.9 Å². The van der Waals surface area contributed by atoms with Crippen LogP contribution in [0, 0.1) is 5.92 Å². The van der Waals surface area contributed by atoms with Crippen LogP contribution in [0.5, 0.6) is 0 Å². The van der Waals surface area contributed by atoms with Gasteiger partial charge in [0.05, 0.1) is 24.5 Å². The Balaban J connectivity index is 1.19. The number of aryl methyl sites for hydroxylation is 3. The van der Waals surface area contributed by atoms with E-state index in [2.05, 4.69) is 15.0 Å². The zero-order valence-electron chi connectivity index (χ0n) is 14.9. The highest BCUT2D eigenvalue weighted by molar-refractivity contribution is 7.98. The quantitative estimate of drug-likeness (QED) is 0.818. The van der Waals surface area contributed by atoms with Gasteiger partial charge < -0.3 is 4.42 Å². The Labute approximate surface area is 157 Å². The zero-order valence-corrected chi connectivity index (χ0v) is 15.8. The second-order valence-electron chi connectivity index (χ2n) is 7.68. The molecule has 6 nitrogen and oxygen atoms in total. The van der Waals surface area contributed by atoms with E-state index in [-0.39, 0.29) is 5.56 Å². The first-order chi connectivity index (χ1) is 12.7. The predicted octanol–water partition coefficient (Wildman–Crippen LogP) is 2.03. The van der Waals surface area contributed by atoms with Gasteiger partial charge in [-0.3, -0.25) is 9.69 Å². The molecular weight excluding hydrogens is 348 g/mol. The van der Waals surface area contributed by atoms with Gasteiger partial charge in [-0.25, -0.2) is 9.67 Å². The minimum atomic E-state index is 0.0464. The van der Waals surface area contributed by atoms with E-state index in [9.17, 15) is 4.79 Å². The Bertz CT molecular complexity index is 845. The van der Waals surface area contributed by atoms with E-state index in [0.29, 0.717) is 5.92 Å². The Kier molecular flexibility index (Phi) is 4.36. The third-order valence-electron chi connectivity index (χ3n) is 5.62. The summed E-state index contributed by atoms with van der Waals surface area (Å²) in [6, 6.07) is 1.79. The molecule has 0 saturated carbocycles. The molecule has 0 spiro atoms. The Hall–Kier alpha value is -1.60. The minimum absolute atomic E-state index is 0.0464. The molecule has 0 aromatic carbocycles. The molecule has 0 unspecified atom stereocenters. The molecule has 2 aliphatic heterocycles. The van der Waals surface area contributed by atoms with Crippen molar-refractivity contribution >= 4 is 11.8 Å². The van der Waals surface area contributed by atoms with E-state index in [1.54, 1.807) is 10.7 Å². The van der Waals surface area contributed by atoms with Crippen LogP contribution in [0.1, 0.15) is 41.4 Å². The maximum atomic E-state index is 12.3. The van der Waals surface area contributed by atoms with Crippen LogP contribution in [0.15, 0.2) is 15.3 Å². The standard InChI is InChI=1S/C19H24N4O2S/c24-19-7-14-12-26-6-5-15(14)21-23(19)10-13-8-22(9-13)11-18-20-16-3-1-2-4-17(16)25-18/h7,13H,1-6,8-12H2. The van der Waals surface area contributed by atoms with Crippen LogP contribution < -0.4 is 5.56 Å². The van der Waals surface area contributed by atoms with E-state index in [0.717, 1.165) is 79.9 Å². The number of fused-ring (bicyclic) bond motifs is 2. The van der Waals surface area contributed by atoms with E-state index < -0.39 is 0 Å². The van der Waals surface area contributed by atoms with Gasteiger partial charge in [0.15, 0.2) is 0 Å². The average Bonchev–Trinajstić information content (AvgIpc) is 3.02. The van der Waals surface area contributed by atoms with Crippen molar-refractivity contribution < 1.29 is 4.42 Å². The Morgan fingerprint density at radius 3 is 2.96 bits per heavy atom. The van der Waals surface area contributed by atoms with Gasteiger partial charge in [0.25, 0.3) is 5.56 Å². The molecule has 0 amide bonds.